The van der Waals surface area contributed by atoms with Gasteiger partial charge in [-0.05, 0) is 29.8 Å². The van der Waals surface area contributed by atoms with E-state index in [0.29, 0.717) is 30.1 Å². The monoisotopic (exact) mass is 368 g/mol. The molecule has 2 heterocycles. The summed E-state index contributed by atoms with van der Waals surface area (Å²) in [6, 6.07) is 14.6. The van der Waals surface area contributed by atoms with E-state index in [-0.39, 0.29) is 23.0 Å². The molecule has 4 rings (SSSR count). The number of amides is 1. The van der Waals surface area contributed by atoms with Crippen LogP contribution in [-0.2, 0) is 4.74 Å². The van der Waals surface area contributed by atoms with Crippen molar-refractivity contribution in [2.45, 2.75) is 6.10 Å². The molecule has 132 valence electrons. The third-order valence-electron chi connectivity index (χ3n) is 4.61. The van der Waals surface area contributed by atoms with Gasteiger partial charge in [0, 0.05) is 28.7 Å². The topological polar surface area (TPSA) is 62.4 Å². The molecule has 0 bridgehead atoms. The van der Waals surface area contributed by atoms with E-state index in [9.17, 15) is 9.59 Å². The number of H-pyrrole nitrogens is 1. The van der Waals surface area contributed by atoms with Crippen molar-refractivity contribution < 1.29 is 9.53 Å². The number of carbonyl (C=O) groups is 1. The fourth-order valence-electron chi connectivity index (χ4n) is 3.21. The van der Waals surface area contributed by atoms with Gasteiger partial charge in [0.05, 0.1) is 13.2 Å². The normalized spacial score (nSPS) is 17.4. The molecule has 6 heteroatoms. The van der Waals surface area contributed by atoms with Crippen LogP contribution in [0.15, 0.2) is 59.5 Å². The third-order valence-corrected chi connectivity index (χ3v) is 4.87. The van der Waals surface area contributed by atoms with Crippen LogP contribution >= 0.6 is 11.6 Å². The summed E-state index contributed by atoms with van der Waals surface area (Å²) in [5.41, 5.74) is 1.58. The number of aromatic nitrogens is 1. The fraction of sp³-hybridized carbons (Fsp3) is 0.200. The molecule has 1 aliphatic rings. The Balaban J connectivity index is 1.61. The van der Waals surface area contributed by atoms with E-state index in [4.69, 9.17) is 16.3 Å². The number of hydrogen-bond acceptors (Lipinski definition) is 3. The van der Waals surface area contributed by atoms with Gasteiger partial charge in [-0.3, -0.25) is 9.59 Å². The standard InChI is InChI=1S/C20H17ClN2O3/c21-14-7-5-13(6-8-14)18-12-23(9-10-26-18)20(25)16-11-22-17-4-2-1-3-15(17)19(16)24/h1-8,11,18H,9-10,12H2,(H,22,24). The van der Waals surface area contributed by atoms with Crippen LogP contribution in [0.3, 0.4) is 0 Å². The minimum Gasteiger partial charge on any atom is -0.370 e. The van der Waals surface area contributed by atoms with Crippen LogP contribution < -0.4 is 5.43 Å². The second-order valence-corrected chi connectivity index (χ2v) is 6.68. The number of aromatic amines is 1. The van der Waals surface area contributed by atoms with Crippen molar-refractivity contribution in [1.82, 2.24) is 9.88 Å². The minimum absolute atomic E-state index is 0.153. The maximum Gasteiger partial charge on any atom is 0.259 e. The smallest absolute Gasteiger partial charge is 0.259 e. The SMILES string of the molecule is O=C(c1c[nH]c2ccccc2c1=O)N1CCOC(c2ccc(Cl)cc2)C1. The number of para-hydroxylation sites is 1. The van der Waals surface area contributed by atoms with Crippen molar-refractivity contribution in [2.75, 3.05) is 19.7 Å². The van der Waals surface area contributed by atoms with E-state index in [2.05, 4.69) is 4.98 Å². The van der Waals surface area contributed by atoms with E-state index in [1.54, 1.807) is 29.2 Å². The molecular weight excluding hydrogens is 352 g/mol. The number of rotatable bonds is 2. The zero-order chi connectivity index (χ0) is 18.1. The van der Waals surface area contributed by atoms with E-state index in [0.717, 1.165) is 11.1 Å². The molecule has 1 unspecified atom stereocenters. The predicted molar refractivity (Wildman–Crippen MR) is 101 cm³/mol. The summed E-state index contributed by atoms with van der Waals surface area (Å²) >= 11 is 5.93. The molecule has 1 fully saturated rings. The zero-order valence-electron chi connectivity index (χ0n) is 13.9. The summed E-state index contributed by atoms with van der Waals surface area (Å²) in [4.78, 5) is 30.3. The third kappa shape index (κ3) is 3.11. The van der Waals surface area contributed by atoms with Gasteiger partial charge in [0.1, 0.15) is 11.7 Å². The Morgan fingerprint density at radius 3 is 2.73 bits per heavy atom. The van der Waals surface area contributed by atoms with Gasteiger partial charge in [-0.1, -0.05) is 35.9 Å². The van der Waals surface area contributed by atoms with Gasteiger partial charge in [0.15, 0.2) is 0 Å². The molecule has 0 radical (unpaired) electrons. The predicted octanol–water partition coefficient (Wildman–Crippen LogP) is 3.40. The second kappa shape index (κ2) is 6.94. The fourth-order valence-corrected chi connectivity index (χ4v) is 3.34. The summed E-state index contributed by atoms with van der Waals surface area (Å²) in [7, 11) is 0. The molecule has 5 nitrogen and oxygen atoms in total. The Hall–Kier alpha value is -2.63. The average molecular weight is 369 g/mol. The Bertz CT molecular complexity index is 1010. The maximum absolute atomic E-state index is 12.9. The lowest BCUT2D eigenvalue weighted by atomic mass is 10.1. The first kappa shape index (κ1) is 16.8. The highest BCUT2D eigenvalue weighted by molar-refractivity contribution is 6.30. The molecule has 1 saturated heterocycles. The summed E-state index contributed by atoms with van der Waals surface area (Å²) in [6.07, 6.45) is 1.27. The van der Waals surface area contributed by atoms with Crippen LogP contribution in [0.1, 0.15) is 22.0 Å². The van der Waals surface area contributed by atoms with E-state index < -0.39 is 0 Å². The van der Waals surface area contributed by atoms with Gasteiger partial charge in [0.25, 0.3) is 5.91 Å². The maximum atomic E-state index is 12.9. The molecule has 1 aromatic heterocycles. The Kier molecular flexibility index (Phi) is 4.49. The number of nitrogens with zero attached hydrogens (tertiary/aromatic N) is 1. The number of fused-ring (bicyclic) bond motifs is 1. The summed E-state index contributed by atoms with van der Waals surface area (Å²) in [6.45, 7) is 1.27. The number of ether oxygens (including phenoxy) is 1. The van der Waals surface area contributed by atoms with Crippen molar-refractivity contribution in [2.24, 2.45) is 0 Å². The second-order valence-electron chi connectivity index (χ2n) is 6.24. The molecule has 3 aromatic rings. The van der Waals surface area contributed by atoms with Crippen molar-refractivity contribution in [1.29, 1.82) is 0 Å². The lowest BCUT2D eigenvalue weighted by molar-refractivity contribution is -0.0228. The Labute approximate surface area is 155 Å². The first-order valence-corrected chi connectivity index (χ1v) is 8.78. The first-order chi connectivity index (χ1) is 12.6. The molecule has 1 amide bonds. The van der Waals surface area contributed by atoms with Gasteiger partial charge in [0.2, 0.25) is 5.43 Å². The van der Waals surface area contributed by atoms with Crippen molar-refractivity contribution in [3.63, 3.8) is 0 Å². The lowest BCUT2D eigenvalue weighted by Gasteiger charge is -2.33. The number of benzene rings is 2. The molecule has 0 saturated carbocycles. The van der Waals surface area contributed by atoms with Crippen LogP contribution in [0.4, 0.5) is 0 Å². The van der Waals surface area contributed by atoms with E-state index >= 15 is 0 Å². The van der Waals surface area contributed by atoms with Crippen LogP contribution in [0, 0.1) is 0 Å². The summed E-state index contributed by atoms with van der Waals surface area (Å²) in [5, 5.41) is 1.17. The lowest BCUT2D eigenvalue weighted by Crippen LogP contribution is -2.43. The Morgan fingerprint density at radius 1 is 1.15 bits per heavy atom. The number of carbonyl (C=O) groups excluding carboxylic acids is 1. The van der Waals surface area contributed by atoms with Gasteiger partial charge < -0.3 is 14.6 Å². The van der Waals surface area contributed by atoms with Crippen molar-refractivity contribution in [3.05, 3.63) is 81.1 Å². The first-order valence-electron chi connectivity index (χ1n) is 8.40. The summed E-state index contributed by atoms with van der Waals surface area (Å²) < 4.78 is 5.80. The summed E-state index contributed by atoms with van der Waals surface area (Å²) in [5.74, 6) is -0.278. The number of pyridine rings is 1. The number of nitrogens with one attached hydrogen (secondary N) is 1. The quantitative estimate of drug-likeness (QED) is 0.754. The molecule has 2 aromatic carbocycles. The molecule has 26 heavy (non-hydrogen) atoms. The van der Waals surface area contributed by atoms with Crippen molar-refractivity contribution >= 4 is 28.4 Å². The van der Waals surface area contributed by atoms with E-state index in [1.807, 2.05) is 24.3 Å². The van der Waals surface area contributed by atoms with Crippen LogP contribution in [0.5, 0.6) is 0 Å². The minimum atomic E-state index is -0.278. The zero-order valence-corrected chi connectivity index (χ0v) is 14.7. The molecule has 0 aliphatic carbocycles. The number of halogens is 1. The van der Waals surface area contributed by atoms with Crippen LogP contribution in [0.2, 0.25) is 5.02 Å². The van der Waals surface area contributed by atoms with Gasteiger partial charge in [-0.2, -0.15) is 0 Å². The molecule has 1 N–H and O–H groups in total. The van der Waals surface area contributed by atoms with Crippen LogP contribution in [0.25, 0.3) is 10.9 Å². The highest BCUT2D eigenvalue weighted by Crippen LogP contribution is 2.24. The van der Waals surface area contributed by atoms with E-state index in [1.165, 1.54) is 6.20 Å². The van der Waals surface area contributed by atoms with Gasteiger partial charge in [-0.15, -0.1) is 0 Å². The number of hydrogen-bond donors (Lipinski definition) is 1. The highest BCUT2D eigenvalue weighted by atomic mass is 35.5. The highest BCUT2D eigenvalue weighted by Gasteiger charge is 2.27. The molecular formula is C20H17ClN2O3. The number of morpholine rings is 1. The van der Waals surface area contributed by atoms with Gasteiger partial charge in [-0.25, -0.2) is 0 Å². The Morgan fingerprint density at radius 2 is 1.92 bits per heavy atom. The van der Waals surface area contributed by atoms with Gasteiger partial charge >= 0.3 is 0 Å². The molecule has 1 atom stereocenters. The molecule has 1 aliphatic heterocycles. The molecule has 0 spiro atoms. The van der Waals surface area contributed by atoms with Crippen LogP contribution in [-0.4, -0.2) is 35.5 Å². The van der Waals surface area contributed by atoms with Crippen molar-refractivity contribution in [3.8, 4) is 0 Å². The largest absolute Gasteiger partial charge is 0.370 e. The average Bonchev–Trinajstić information content (AvgIpc) is 2.69.